The highest BCUT2D eigenvalue weighted by Gasteiger charge is 2.07. The Morgan fingerprint density at radius 1 is 1.12 bits per heavy atom. The molecule has 0 bridgehead atoms. The van der Waals surface area contributed by atoms with Gasteiger partial charge < -0.3 is 4.42 Å². The van der Waals surface area contributed by atoms with Crippen molar-refractivity contribution in [2.24, 2.45) is 0 Å². The summed E-state index contributed by atoms with van der Waals surface area (Å²) in [5, 5.41) is 1.11. The van der Waals surface area contributed by atoms with Gasteiger partial charge in [-0.25, -0.2) is 0 Å². The van der Waals surface area contributed by atoms with Gasteiger partial charge in [0.15, 0.2) is 0 Å². The van der Waals surface area contributed by atoms with Gasteiger partial charge in [-0.3, -0.25) is 4.98 Å². The minimum Gasteiger partial charge on any atom is -0.463 e. The molecule has 0 atom stereocenters. The van der Waals surface area contributed by atoms with Gasteiger partial charge in [0.05, 0.1) is 16.3 Å². The second-order valence-electron chi connectivity index (χ2n) is 3.51. The number of hydrogen-bond acceptors (Lipinski definition) is 2. The molecule has 2 nitrogen and oxygen atoms in total. The topological polar surface area (TPSA) is 26.0 Å². The van der Waals surface area contributed by atoms with Crippen LogP contribution in [0.1, 0.15) is 0 Å². The first-order valence-electron chi connectivity index (χ1n) is 4.93. The average Bonchev–Trinajstić information content (AvgIpc) is 2.75. The Bertz CT molecular complexity index is 645. The van der Waals surface area contributed by atoms with E-state index in [1.165, 1.54) is 0 Å². The lowest BCUT2D eigenvalue weighted by Crippen LogP contribution is -1.81. The second kappa shape index (κ2) is 3.76. The number of halogens is 1. The molecule has 3 heteroatoms. The number of hydrogen-bond donors (Lipinski definition) is 0. The quantitative estimate of drug-likeness (QED) is 0.662. The molecule has 0 aliphatic heterocycles. The molecule has 0 aliphatic rings. The van der Waals surface area contributed by atoms with Gasteiger partial charge in [-0.1, -0.05) is 18.2 Å². The van der Waals surface area contributed by atoms with Gasteiger partial charge >= 0.3 is 0 Å². The van der Waals surface area contributed by atoms with Crippen molar-refractivity contribution in [2.45, 2.75) is 0 Å². The van der Waals surface area contributed by atoms with Crippen LogP contribution in [-0.4, -0.2) is 4.98 Å². The summed E-state index contributed by atoms with van der Waals surface area (Å²) >= 11 is 3.45. The van der Waals surface area contributed by atoms with E-state index in [9.17, 15) is 0 Å². The molecular formula is C13H8BrNO. The van der Waals surface area contributed by atoms with E-state index in [4.69, 9.17) is 4.42 Å². The van der Waals surface area contributed by atoms with Crippen molar-refractivity contribution in [1.82, 2.24) is 4.98 Å². The number of aromatic nitrogens is 1. The van der Waals surface area contributed by atoms with Gasteiger partial charge in [0.2, 0.25) is 0 Å². The molecule has 2 heterocycles. The third-order valence-electron chi connectivity index (χ3n) is 2.47. The average molecular weight is 274 g/mol. The largest absolute Gasteiger partial charge is 0.463 e. The molecule has 1 aromatic carbocycles. The fourth-order valence-electron chi connectivity index (χ4n) is 1.69. The molecule has 0 radical (unpaired) electrons. The predicted molar refractivity (Wildman–Crippen MR) is 67.1 cm³/mol. The Hall–Kier alpha value is -1.61. The van der Waals surface area contributed by atoms with Crippen LogP contribution in [0.4, 0.5) is 0 Å². The van der Waals surface area contributed by atoms with Gasteiger partial charge in [0.1, 0.15) is 5.76 Å². The molecule has 0 amide bonds. The summed E-state index contributed by atoms with van der Waals surface area (Å²) in [6.45, 7) is 0. The molecule has 3 aromatic rings. The smallest absolute Gasteiger partial charge is 0.149 e. The predicted octanol–water partition coefficient (Wildman–Crippen LogP) is 4.26. The van der Waals surface area contributed by atoms with E-state index < -0.39 is 0 Å². The number of furan rings is 1. The lowest BCUT2D eigenvalue weighted by Gasteiger charge is -2.00. The second-order valence-corrected chi connectivity index (χ2v) is 4.37. The summed E-state index contributed by atoms with van der Waals surface area (Å²) in [5.41, 5.74) is 1.98. The molecule has 16 heavy (non-hydrogen) atoms. The Balaban J connectivity index is 2.23. The summed E-state index contributed by atoms with van der Waals surface area (Å²) in [4.78, 5) is 4.40. The van der Waals surface area contributed by atoms with Crippen LogP contribution in [-0.2, 0) is 0 Å². The first kappa shape index (κ1) is 9.60. The maximum atomic E-state index is 5.41. The Morgan fingerprint density at radius 3 is 2.81 bits per heavy atom. The van der Waals surface area contributed by atoms with Crippen LogP contribution < -0.4 is 0 Å². The number of rotatable bonds is 1. The van der Waals surface area contributed by atoms with Crippen LogP contribution in [0.5, 0.6) is 0 Å². The summed E-state index contributed by atoms with van der Waals surface area (Å²) < 4.78 is 6.36. The van der Waals surface area contributed by atoms with Crippen LogP contribution in [0, 0.1) is 0 Å². The molecule has 0 N–H and O–H groups in total. The summed E-state index contributed by atoms with van der Waals surface area (Å²) in [6.07, 6.45) is 3.49. The van der Waals surface area contributed by atoms with Gasteiger partial charge in [-0.05, 0) is 34.1 Å². The summed E-state index contributed by atoms with van der Waals surface area (Å²) in [6, 6.07) is 12.0. The van der Waals surface area contributed by atoms with Crippen molar-refractivity contribution in [2.75, 3.05) is 0 Å². The van der Waals surface area contributed by atoms with Crippen molar-refractivity contribution in [3.8, 4) is 11.3 Å². The van der Waals surface area contributed by atoms with Gasteiger partial charge in [-0.2, -0.15) is 0 Å². The van der Waals surface area contributed by atoms with Gasteiger partial charge in [-0.15, -0.1) is 0 Å². The van der Waals surface area contributed by atoms with E-state index in [0.717, 1.165) is 26.7 Å². The van der Waals surface area contributed by atoms with Gasteiger partial charge in [0.25, 0.3) is 0 Å². The highest BCUT2D eigenvalue weighted by molar-refractivity contribution is 9.10. The van der Waals surface area contributed by atoms with Crippen LogP contribution in [0.2, 0.25) is 0 Å². The summed E-state index contributed by atoms with van der Waals surface area (Å²) in [5.74, 6) is 0.818. The third-order valence-corrected chi connectivity index (χ3v) is 3.09. The van der Waals surface area contributed by atoms with Crippen molar-refractivity contribution in [1.29, 1.82) is 0 Å². The Morgan fingerprint density at radius 2 is 2.00 bits per heavy atom. The van der Waals surface area contributed by atoms with E-state index in [2.05, 4.69) is 27.0 Å². The minimum absolute atomic E-state index is 0.818. The number of pyridine rings is 1. The first-order valence-corrected chi connectivity index (χ1v) is 5.72. The molecule has 0 saturated heterocycles. The monoisotopic (exact) mass is 273 g/mol. The zero-order valence-corrected chi connectivity index (χ0v) is 9.94. The zero-order chi connectivity index (χ0) is 11.0. The fourth-order valence-corrected chi connectivity index (χ4v) is 2.13. The van der Waals surface area contributed by atoms with E-state index in [0.29, 0.717) is 0 Å². The minimum atomic E-state index is 0.818. The maximum Gasteiger partial charge on any atom is 0.149 e. The van der Waals surface area contributed by atoms with E-state index in [1.54, 1.807) is 6.26 Å². The number of nitrogens with zero attached hydrogens (tertiary/aromatic N) is 1. The molecule has 3 rings (SSSR count). The number of benzene rings is 1. The van der Waals surface area contributed by atoms with E-state index in [1.807, 2.05) is 36.5 Å². The SMILES string of the molecule is Brc1ccoc1-c1cnc2ccccc2c1. The molecule has 0 fully saturated rings. The van der Waals surface area contributed by atoms with Gasteiger partial charge in [0, 0.05) is 17.1 Å². The fraction of sp³-hybridized carbons (Fsp3) is 0. The van der Waals surface area contributed by atoms with Crippen LogP contribution >= 0.6 is 15.9 Å². The Labute approximate surface area is 101 Å². The lowest BCUT2D eigenvalue weighted by molar-refractivity contribution is 0.581. The van der Waals surface area contributed by atoms with E-state index in [-0.39, 0.29) is 0 Å². The number of para-hydroxylation sites is 1. The maximum absolute atomic E-state index is 5.41. The standard InChI is InChI=1S/C13H8BrNO/c14-11-5-6-16-13(11)10-7-9-3-1-2-4-12(9)15-8-10/h1-8H. The van der Waals surface area contributed by atoms with Crippen molar-refractivity contribution in [3.63, 3.8) is 0 Å². The summed E-state index contributed by atoms with van der Waals surface area (Å²) in [7, 11) is 0. The van der Waals surface area contributed by atoms with E-state index >= 15 is 0 Å². The molecule has 0 unspecified atom stereocenters. The molecule has 2 aromatic heterocycles. The molecule has 0 saturated carbocycles. The zero-order valence-electron chi connectivity index (χ0n) is 8.35. The first-order chi connectivity index (χ1) is 7.84. The molecule has 78 valence electrons. The molecular weight excluding hydrogens is 266 g/mol. The van der Waals surface area contributed by atoms with Crippen molar-refractivity contribution < 1.29 is 4.42 Å². The third kappa shape index (κ3) is 1.53. The Kier molecular flexibility index (Phi) is 2.26. The van der Waals surface area contributed by atoms with Crippen LogP contribution in [0.15, 0.2) is 57.7 Å². The van der Waals surface area contributed by atoms with Crippen molar-refractivity contribution in [3.05, 3.63) is 53.3 Å². The number of fused-ring (bicyclic) bond motifs is 1. The molecule has 0 spiro atoms. The lowest BCUT2D eigenvalue weighted by atomic mass is 10.1. The molecule has 0 aliphatic carbocycles. The van der Waals surface area contributed by atoms with Crippen LogP contribution in [0.25, 0.3) is 22.2 Å². The normalized spacial score (nSPS) is 10.8. The highest BCUT2D eigenvalue weighted by atomic mass is 79.9. The highest BCUT2D eigenvalue weighted by Crippen LogP contribution is 2.30. The van der Waals surface area contributed by atoms with Crippen molar-refractivity contribution >= 4 is 26.8 Å². The van der Waals surface area contributed by atoms with Crippen LogP contribution in [0.3, 0.4) is 0 Å².